The van der Waals surface area contributed by atoms with Gasteiger partial charge in [-0.05, 0) is 6.42 Å². The Bertz CT molecular complexity index is 162. The molecule has 0 saturated heterocycles. The van der Waals surface area contributed by atoms with Gasteiger partial charge in [0.15, 0.2) is 0 Å². The van der Waals surface area contributed by atoms with Crippen molar-refractivity contribution in [1.82, 2.24) is 0 Å². The average molecular weight is 134 g/mol. The zero-order valence-corrected chi connectivity index (χ0v) is 4.57. The first kappa shape index (κ1) is 6.39. The van der Waals surface area contributed by atoms with Gasteiger partial charge in [-0.3, -0.25) is 0 Å². The van der Waals surface area contributed by atoms with Crippen LogP contribution in [-0.4, -0.2) is 6.18 Å². The summed E-state index contributed by atoms with van der Waals surface area (Å²) in [6.45, 7) is 0. The fourth-order valence-electron chi connectivity index (χ4n) is 0.657. The SMILES string of the molecule is FC(F)(F)C1=CC=CC1. The van der Waals surface area contributed by atoms with Crippen molar-refractivity contribution < 1.29 is 13.2 Å². The first-order valence-corrected chi connectivity index (χ1v) is 2.53. The fourth-order valence-corrected chi connectivity index (χ4v) is 0.657. The van der Waals surface area contributed by atoms with Crippen LogP contribution in [0, 0.1) is 0 Å². The molecular weight excluding hydrogens is 129 g/mol. The van der Waals surface area contributed by atoms with E-state index in [0.29, 0.717) is 0 Å². The molecule has 50 valence electrons. The molecule has 0 unspecified atom stereocenters. The molecule has 0 atom stereocenters. The minimum absolute atomic E-state index is 0.0312. The number of rotatable bonds is 0. The van der Waals surface area contributed by atoms with E-state index in [9.17, 15) is 13.2 Å². The summed E-state index contributed by atoms with van der Waals surface area (Å²) in [7, 11) is 0. The maximum absolute atomic E-state index is 11.7. The first-order chi connectivity index (χ1) is 4.11. The minimum Gasteiger partial charge on any atom is -0.166 e. The molecule has 0 heterocycles. The number of alkyl halides is 3. The summed E-state index contributed by atoms with van der Waals surface area (Å²) < 4.78 is 35.0. The van der Waals surface area contributed by atoms with Crippen molar-refractivity contribution in [3.8, 4) is 0 Å². The molecule has 0 bridgehead atoms. The van der Waals surface area contributed by atoms with Gasteiger partial charge in [0.25, 0.3) is 0 Å². The lowest BCUT2D eigenvalue weighted by atomic mass is 10.2. The predicted octanol–water partition coefficient (Wildman–Crippen LogP) is 2.44. The second kappa shape index (κ2) is 1.90. The average Bonchev–Trinajstić information content (AvgIpc) is 2.08. The molecule has 0 amide bonds. The normalized spacial score (nSPS) is 18.3. The Kier molecular flexibility index (Phi) is 1.35. The molecule has 1 rings (SSSR count). The Labute approximate surface area is 50.7 Å². The number of hydrogen-bond donors (Lipinski definition) is 0. The van der Waals surface area contributed by atoms with Gasteiger partial charge in [-0.15, -0.1) is 0 Å². The zero-order chi connectivity index (χ0) is 6.91. The van der Waals surface area contributed by atoms with E-state index in [1.165, 1.54) is 12.2 Å². The van der Waals surface area contributed by atoms with E-state index in [0.717, 1.165) is 6.08 Å². The Balaban J connectivity index is 2.66. The van der Waals surface area contributed by atoms with Crippen molar-refractivity contribution in [3.05, 3.63) is 23.8 Å². The molecule has 0 aromatic heterocycles. The molecule has 0 saturated carbocycles. The lowest BCUT2D eigenvalue weighted by molar-refractivity contribution is -0.0925. The Hall–Kier alpha value is -0.730. The summed E-state index contributed by atoms with van der Waals surface area (Å²) >= 11 is 0. The summed E-state index contributed by atoms with van der Waals surface area (Å²) in [4.78, 5) is 0. The Morgan fingerprint density at radius 3 is 2.22 bits per heavy atom. The van der Waals surface area contributed by atoms with Crippen LogP contribution in [0.2, 0.25) is 0 Å². The zero-order valence-electron chi connectivity index (χ0n) is 4.57. The minimum atomic E-state index is -4.12. The molecule has 0 aromatic rings. The van der Waals surface area contributed by atoms with Crippen LogP contribution in [0.1, 0.15) is 6.42 Å². The standard InChI is InChI=1S/C6H5F3/c7-6(8,9)5-3-1-2-4-5/h1-3H,4H2. The molecule has 3 heteroatoms. The fraction of sp³-hybridized carbons (Fsp3) is 0.333. The van der Waals surface area contributed by atoms with Crippen molar-refractivity contribution in [1.29, 1.82) is 0 Å². The maximum Gasteiger partial charge on any atom is 0.412 e. The third-order valence-corrected chi connectivity index (χ3v) is 1.14. The van der Waals surface area contributed by atoms with Crippen molar-refractivity contribution in [3.63, 3.8) is 0 Å². The highest BCUT2D eigenvalue weighted by molar-refractivity contribution is 5.26. The highest BCUT2D eigenvalue weighted by Crippen LogP contribution is 2.30. The molecule has 0 fully saturated rings. The van der Waals surface area contributed by atoms with Crippen molar-refractivity contribution >= 4 is 0 Å². The lowest BCUT2D eigenvalue weighted by Gasteiger charge is -2.04. The van der Waals surface area contributed by atoms with E-state index in [1.807, 2.05) is 0 Å². The molecular formula is C6H5F3. The third kappa shape index (κ3) is 1.34. The van der Waals surface area contributed by atoms with Crippen molar-refractivity contribution in [2.75, 3.05) is 0 Å². The Morgan fingerprint density at radius 1 is 1.33 bits per heavy atom. The maximum atomic E-state index is 11.7. The number of halogens is 3. The molecule has 0 radical (unpaired) electrons. The molecule has 0 aromatic carbocycles. The van der Waals surface area contributed by atoms with Crippen LogP contribution in [0.25, 0.3) is 0 Å². The van der Waals surface area contributed by atoms with E-state index in [4.69, 9.17) is 0 Å². The van der Waals surface area contributed by atoms with E-state index in [2.05, 4.69) is 0 Å². The van der Waals surface area contributed by atoms with Crippen molar-refractivity contribution in [2.45, 2.75) is 12.6 Å². The summed E-state index contributed by atoms with van der Waals surface area (Å²) in [5, 5.41) is 0. The smallest absolute Gasteiger partial charge is 0.166 e. The summed E-state index contributed by atoms with van der Waals surface area (Å²) in [5.41, 5.74) is -0.456. The van der Waals surface area contributed by atoms with Gasteiger partial charge in [-0.1, -0.05) is 18.2 Å². The summed E-state index contributed by atoms with van der Waals surface area (Å²) in [6, 6.07) is 0. The van der Waals surface area contributed by atoms with Gasteiger partial charge in [-0.25, -0.2) is 0 Å². The van der Waals surface area contributed by atoms with Gasteiger partial charge in [0.2, 0.25) is 0 Å². The van der Waals surface area contributed by atoms with Crippen LogP contribution < -0.4 is 0 Å². The third-order valence-electron chi connectivity index (χ3n) is 1.14. The van der Waals surface area contributed by atoms with E-state index >= 15 is 0 Å². The van der Waals surface area contributed by atoms with Gasteiger partial charge >= 0.3 is 6.18 Å². The van der Waals surface area contributed by atoms with Crippen LogP contribution in [0.4, 0.5) is 13.2 Å². The topological polar surface area (TPSA) is 0 Å². The molecule has 9 heavy (non-hydrogen) atoms. The van der Waals surface area contributed by atoms with E-state index < -0.39 is 11.7 Å². The molecule has 1 aliphatic rings. The second-order valence-corrected chi connectivity index (χ2v) is 1.82. The monoisotopic (exact) mass is 134 g/mol. The second-order valence-electron chi connectivity index (χ2n) is 1.82. The van der Waals surface area contributed by atoms with Crippen LogP contribution in [0.3, 0.4) is 0 Å². The van der Waals surface area contributed by atoms with Crippen molar-refractivity contribution in [2.24, 2.45) is 0 Å². The van der Waals surface area contributed by atoms with Gasteiger partial charge in [0.05, 0.1) is 0 Å². The molecule has 0 aliphatic heterocycles. The van der Waals surface area contributed by atoms with E-state index in [-0.39, 0.29) is 6.42 Å². The molecule has 0 spiro atoms. The van der Waals surface area contributed by atoms with Crippen LogP contribution in [-0.2, 0) is 0 Å². The molecule has 0 nitrogen and oxygen atoms in total. The predicted molar refractivity (Wildman–Crippen MR) is 27.9 cm³/mol. The summed E-state index contributed by atoms with van der Waals surface area (Å²) in [5.74, 6) is 0. The van der Waals surface area contributed by atoms with E-state index in [1.54, 1.807) is 0 Å². The number of hydrogen-bond acceptors (Lipinski definition) is 0. The van der Waals surface area contributed by atoms with Crippen LogP contribution >= 0.6 is 0 Å². The highest BCUT2D eigenvalue weighted by atomic mass is 19.4. The van der Waals surface area contributed by atoms with Crippen LogP contribution in [0.15, 0.2) is 23.8 Å². The highest BCUT2D eigenvalue weighted by Gasteiger charge is 2.32. The van der Waals surface area contributed by atoms with Crippen LogP contribution in [0.5, 0.6) is 0 Å². The molecule has 0 N–H and O–H groups in total. The number of allylic oxidation sites excluding steroid dienone is 4. The summed E-state index contributed by atoms with van der Waals surface area (Å²) in [6.07, 6.45) is -0.0847. The van der Waals surface area contributed by atoms with Gasteiger partial charge in [-0.2, -0.15) is 13.2 Å². The quantitative estimate of drug-likeness (QED) is 0.477. The van der Waals surface area contributed by atoms with Gasteiger partial charge in [0.1, 0.15) is 0 Å². The first-order valence-electron chi connectivity index (χ1n) is 2.53. The molecule has 1 aliphatic carbocycles. The van der Waals surface area contributed by atoms with Gasteiger partial charge in [0, 0.05) is 5.57 Å². The van der Waals surface area contributed by atoms with Gasteiger partial charge < -0.3 is 0 Å². The Morgan fingerprint density at radius 2 is 2.00 bits per heavy atom. The largest absolute Gasteiger partial charge is 0.412 e. The lowest BCUT2D eigenvalue weighted by Crippen LogP contribution is -2.09.